The van der Waals surface area contributed by atoms with Gasteiger partial charge in [-0.25, -0.2) is 4.79 Å². The van der Waals surface area contributed by atoms with Gasteiger partial charge >= 0.3 is 5.97 Å². The first-order chi connectivity index (χ1) is 33.9. The number of ether oxygens (including phenoxy) is 2. The van der Waals surface area contributed by atoms with Crippen molar-refractivity contribution in [2.75, 3.05) is 13.4 Å². The Kier molecular flexibility index (Phi) is 21.0. The lowest BCUT2D eigenvalue weighted by molar-refractivity contribution is -0.229. The third kappa shape index (κ3) is 17.6. The quantitative estimate of drug-likeness (QED) is 0.199. The molecule has 0 aromatic heterocycles. The molecule has 0 atom stereocenters. The van der Waals surface area contributed by atoms with Gasteiger partial charge in [0.25, 0.3) is 10.1 Å². The highest BCUT2D eigenvalue weighted by Gasteiger charge is 2.47. The summed E-state index contributed by atoms with van der Waals surface area (Å²) in [4.78, 5) is 23.1. The summed E-state index contributed by atoms with van der Waals surface area (Å²) < 4.78 is 38.1. The highest BCUT2D eigenvalue weighted by molar-refractivity contribution is 7.86. The zero-order chi connectivity index (χ0) is 57.3. The number of benzene rings is 1. The fourth-order valence-electron chi connectivity index (χ4n) is 14.0. The van der Waals surface area contributed by atoms with Gasteiger partial charge in [-0.3, -0.25) is 8.98 Å². The molecule has 0 spiro atoms. The van der Waals surface area contributed by atoms with Gasteiger partial charge in [0.1, 0.15) is 6.10 Å². The average Bonchev–Trinajstić information content (AvgIpc) is 3.24. The zero-order valence-corrected chi connectivity index (χ0v) is 50.1. The number of nitrogens with one attached hydrogen (secondary N) is 1. The Morgan fingerprint density at radius 2 is 0.867 bits per heavy atom. The van der Waals surface area contributed by atoms with Crippen LogP contribution in [-0.4, -0.2) is 145 Å². The lowest BCUT2D eigenvalue weighted by Crippen LogP contribution is -2.61. The predicted molar refractivity (Wildman–Crippen MR) is 295 cm³/mol. The van der Waals surface area contributed by atoms with Gasteiger partial charge in [0, 0.05) is 89.3 Å². The van der Waals surface area contributed by atoms with Crippen LogP contribution >= 0.6 is 0 Å². The van der Waals surface area contributed by atoms with E-state index < -0.39 is 49.5 Å². The van der Waals surface area contributed by atoms with Crippen molar-refractivity contribution < 1.29 is 36.9 Å². The van der Waals surface area contributed by atoms with E-state index in [1.807, 2.05) is 101 Å². The van der Waals surface area contributed by atoms with Crippen LogP contribution in [0.4, 0.5) is 0 Å². The summed E-state index contributed by atoms with van der Waals surface area (Å²) in [6, 6.07) is 10.1. The van der Waals surface area contributed by atoms with Crippen molar-refractivity contribution in [1.82, 2.24) is 30.6 Å². The Balaban J connectivity index is 0.000000205. The topological polar surface area (TPSA) is 237 Å². The SMILES string of the molecule is CC(=O)NC1CC(C)(C)N([O-])C(C)(C)C1.CC1(C)CC(OC(=O)c2ccccc2)CC(C)(C)N1[O-].CC1(C)CC(OS(C)(=O)=O)CC(C)(C)N1[O-].COC1CC(C)(C)N([O-])C(C)(C)C1.ON1C2CC3CC(C2)CC1C3. The number of rotatable bonds is 6. The second-order valence-electron chi connectivity index (χ2n) is 28.0. The van der Waals surface area contributed by atoms with Crippen molar-refractivity contribution in [3.05, 3.63) is 56.7 Å². The smallest absolute Gasteiger partial charge is 0.338 e. The van der Waals surface area contributed by atoms with E-state index in [4.69, 9.17) is 13.7 Å². The van der Waals surface area contributed by atoms with Crippen molar-refractivity contribution in [1.29, 1.82) is 0 Å². The molecule has 6 saturated heterocycles. The Morgan fingerprint density at radius 3 is 1.19 bits per heavy atom. The van der Waals surface area contributed by atoms with Gasteiger partial charge in [-0.1, -0.05) is 18.2 Å². The number of hydroxylamine groups is 10. The Hall–Kier alpha value is -2.37. The van der Waals surface area contributed by atoms with Gasteiger partial charge in [0.15, 0.2) is 0 Å². The molecule has 0 radical (unpaired) electrons. The first-order valence-corrected chi connectivity index (χ1v) is 29.1. The molecule has 434 valence electrons. The third-order valence-electron chi connectivity index (χ3n) is 16.4. The third-order valence-corrected chi connectivity index (χ3v) is 17.0. The minimum Gasteiger partial charge on any atom is -0.784 e. The molecule has 9 rings (SSSR count). The van der Waals surface area contributed by atoms with Crippen LogP contribution in [0.1, 0.15) is 212 Å². The first kappa shape index (κ1) is 65.2. The number of carbonyl (C=O) groups is 2. The van der Waals surface area contributed by atoms with Crippen LogP contribution in [0.3, 0.4) is 0 Å². The number of amides is 1. The van der Waals surface area contributed by atoms with E-state index in [-0.39, 0.29) is 41.2 Å². The Morgan fingerprint density at radius 1 is 0.547 bits per heavy atom. The summed E-state index contributed by atoms with van der Waals surface area (Å²) in [7, 11) is -1.74. The molecule has 1 amide bonds. The maximum Gasteiger partial charge on any atom is 0.338 e. The van der Waals surface area contributed by atoms with Crippen LogP contribution in [-0.2, 0) is 28.6 Å². The number of esters is 1. The second-order valence-corrected chi connectivity index (χ2v) is 29.6. The minimum atomic E-state index is -3.46. The van der Waals surface area contributed by atoms with Crippen LogP contribution in [0.15, 0.2) is 30.3 Å². The summed E-state index contributed by atoms with van der Waals surface area (Å²) in [6.45, 7) is 31.9. The molecule has 2 aliphatic carbocycles. The van der Waals surface area contributed by atoms with Crippen molar-refractivity contribution in [3.8, 4) is 0 Å². The molecule has 1 aromatic rings. The van der Waals surface area contributed by atoms with E-state index in [9.17, 15) is 44.0 Å². The Bertz CT molecular complexity index is 2050. The normalized spacial score (nSPS) is 30.1. The van der Waals surface area contributed by atoms with Gasteiger partial charge in [0.05, 0.1) is 24.0 Å². The average molecular weight is 1080 g/mol. The number of carbonyl (C=O) groups excluding carboxylic acids is 2. The fourth-order valence-corrected chi connectivity index (χ4v) is 14.7. The standard InChI is InChI=1S/C16H22NO3.C11H21N2O2.C10H20NO4S.C10H20NO2.C9H15NO/c1-15(2)10-13(11-16(3,4)17(15)19)20-14(18)12-8-6-5-7-9-12;1-8(14)12-9-6-10(2,3)13(15)11(4,5)7-9;1-9(2)6-8(15-16(5,13)14)7-10(3,4)11(9)12;1-9(2)6-8(13-5)7-10(3,4)11(9)12;11-10-8-2-6-1-7(4-8)5-9(10)3-6/h5-9,13H,10-11H2,1-4H3;9H,6-7H2,1-5H3,(H,12,14);8H,6-7H2,1-5H3;8H,6-7H2,1-5H3;6-9,11H,1-5H2/q4*-1;. The van der Waals surface area contributed by atoms with Crippen LogP contribution in [0, 0.1) is 32.7 Å². The van der Waals surface area contributed by atoms with Crippen molar-refractivity contribution >= 4 is 22.0 Å². The number of methoxy groups -OCH3 is 1. The van der Waals surface area contributed by atoms with E-state index >= 15 is 0 Å². The largest absolute Gasteiger partial charge is 0.784 e. The molecule has 75 heavy (non-hydrogen) atoms. The predicted octanol–water partition coefficient (Wildman–Crippen LogP) is 10.3. The summed E-state index contributed by atoms with van der Waals surface area (Å²) in [5.41, 5.74) is -3.12. The maximum atomic E-state index is 12.2. The summed E-state index contributed by atoms with van der Waals surface area (Å²) in [6.07, 6.45) is 12.2. The Labute approximate surface area is 451 Å². The highest BCUT2D eigenvalue weighted by atomic mass is 32.2. The highest BCUT2D eigenvalue weighted by Crippen LogP contribution is 2.48. The van der Waals surface area contributed by atoms with Gasteiger partial charge in [0.2, 0.25) is 5.91 Å². The van der Waals surface area contributed by atoms with Crippen LogP contribution in [0.2, 0.25) is 0 Å². The van der Waals surface area contributed by atoms with Crippen molar-refractivity contribution in [2.24, 2.45) is 11.8 Å². The van der Waals surface area contributed by atoms with Gasteiger partial charge < -0.3 is 61.1 Å². The molecule has 0 unspecified atom stereocenters. The molecule has 2 N–H and O–H groups in total. The summed E-state index contributed by atoms with van der Waals surface area (Å²) in [5.74, 6) is 1.58. The molecule has 8 fully saturated rings. The molecular formula is C56H98N6O12S-4. The molecule has 8 aliphatic rings. The summed E-state index contributed by atoms with van der Waals surface area (Å²) >= 11 is 0. The first-order valence-electron chi connectivity index (χ1n) is 27.2. The molecule has 6 aliphatic heterocycles. The number of hydrogen-bond donors (Lipinski definition) is 2. The van der Waals surface area contributed by atoms with Gasteiger partial charge in [-0.05, 0) is 205 Å². The molecule has 6 heterocycles. The van der Waals surface area contributed by atoms with Crippen LogP contribution in [0.5, 0.6) is 0 Å². The maximum absolute atomic E-state index is 12.2. The van der Waals surface area contributed by atoms with E-state index in [0.717, 1.165) is 46.1 Å². The zero-order valence-electron chi connectivity index (χ0n) is 49.3. The van der Waals surface area contributed by atoms with Crippen molar-refractivity contribution in [2.45, 2.75) is 282 Å². The monoisotopic (exact) mass is 1080 g/mol. The lowest BCUT2D eigenvalue weighted by atomic mass is 9.64. The molecule has 4 bridgehead atoms. The second kappa shape index (κ2) is 24.2. The van der Waals surface area contributed by atoms with Crippen LogP contribution < -0.4 is 5.32 Å². The molecule has 2 saturated carbocycles. The minimum absolute atomic E-state index is 0.0223. The number of nitrogens with zero attached hydrogens (tertiary/aromatic N) is 5. The van der Waals surface area contributed by atoms with Gasteiger partial charge in [-0.15, -0.1) is 0 Å². The van der Waals surface area contributed by atoms with E-state index in [1.165, 1.54) is 44.1 Å². The fraction of sp³-hybridized carbons (Fsp3) is 0.857. The van der Waals surface area contributed by atoms with E-state index in [0.29, 0.717) is 56.2 Å². The molecular weight excluding hydrogens is 981 g/mol. The van der Waals surface area contributed by atoms with Gasteiger partial charge in [-0.2, -0.15) is 13.5 Å². The van der Waals surface area contributed by atoms with Crippen molar-refractivity contribution in [3.63, 3.8) is 0 Å². The molecule has 1 aromatic carbocycles. The number of hydrogen-bond acceptors (Lipinski definition) is 17. The lowest BCUT2D eigenvalue weighted by Gasteiger charge is -2.60. The number of piperidine rings is 6. The van der Waals surface area contributed by atoms with E-state index in [1.54, 1.807) is 52.0 Å². The molecule has 19 heteroatoms. The van der Waals surface area contributed by atoms with E-state index in [2.05, 4.69) is 5.32 Å². The molecule has 18 nitrogen and oxygen atoms in total. The van der Waals surface area contributed by atoms with Crippen LogP contribution in [0.25, 0.3) is 0 Å². The summed E-state index contributed by atoms with van der Waals surface area (Å²) in [5, 5.41) is 66.9.